The van der Waals surface area contributed by atoms with E-state index in [9.17, 15) is 26.4 Å². The zero-order valence-corrected chi connectivity index (χ0v) is 10.8. The first-order valence-electron chi connectivity index (χ1n) is 5.54. The van der Waals surface area contributed by atoms with Gasteiger partial charge in [0.2, 0.25) is 0 Å². The largest absolute Gasteiger partial charge is 0.516 e. The molecule has 0 aliphatic carbocycles. The van der Waals surface area contributed by atoms with E-state index in [1.165, 1.54) is 24.3 Å². The summed E-state index contributed by atoms with van der Waals surface area (Å²) in [5.41, 5.74) is -5.33. The molecule has 1 heterocycles. The number of carbonyl (C=O) groups is 1. The first-order chi connectivity index (χ1) is 9.14. The van der Waals surface area contributed by atoms with Crippen molar-refractivity contribution < 1.29 is 31.5 Å². The molecular formula is C11H10F3NO4S. The van der Waals surface area contributed by atoms with Crippen LogP contribution in [0.15, 0.2) is 24.3 Å². The quantitative estimate of drug-likeness (QED) is 0.900. The van der Waals surface area contributed by atoms with Gasteiger partial charge in [0.15, 0.2) is 0 Å². The Morgan fingerprint density at radius 2 is 1.90 bits per heavy atom. The van der Waals surface area contributed by atoms with Crippen molar-refractivity contribution in [2.24, 2.45) is 5.92 Å². The Morgan fingerprint density at radius 1 is 1.30 bits per heavy atom. The number of fused-ring (bicyclic) bond motifs is 1. The number of hydrogen-bond acceptors (Lipinski definition) is 3. The smallest absolute Gasteiger partial charge is 0.481 e. The molecule has 110 valence electrons. The van der Waals surface area contributed by atoms with Crippen LogP contribution in [0.3, 0.4) is 0 Å². The van der Waals surface area contributed by atoms with Crippen LogP contribution in [-0.4, -0.2) is 31.5 Å². The maximum atomic E-state index is 12.7. The molecule has 0 amide bonds. The lowest BCUT2D eigenvalue weighted by molar-refractivity contribution is -0.141. The predicted molar refractivity (Wildman–Crippen MR) is 63.6 cm³/mol. The summed E-state index contributed by atoms with van der Waals surface area (Å²) >= 11 is 0. The molecule has 9 heteroatoms. The number of anilines is 1. The van der Waals surface area contributed by atoms with Crippen LogP contribution in [0.25, 0.3) is 0 Å². The summed E-state index contributed by atoms with van der Waals surface area (Å²) in [6.45, 7) is -0.728. The molecule has 1 unspecified atom stereocenters. The van der Waals surface area contributed by atoms with Crippen LogP contribution in [0, 0.1) is 5.92 Å². The van der Waals surface area contributed by atoms with Crippen molar-refractivity contribution in [3.63, 3.8) is 0 Å². The second kappa shape index (κ2) is 4.65. The van der Waals surface area contributed by atoms with Crippen LogP contribution >= 0.6 is 0 Å². The third kappa shape index (κ3) is 2.33. The molecule has 1 aliphatic heterocycles. The third-order valence-corrected chi connectivity index (χ3v) is 4.56. The number of carboxylic acids is 1. The summed E-state index contributed by atoms with van der Waals surface area (Å²) in [5.74, 6) is -2.54. The lowest BCUT2D eigenvalue weighted by Gasteiger charge is -2.33. The van der Waals surface area contributed by atoms with Gasteiger partial charge in [-0.1, -0.05) is 18.2 Å². The summed E-state index contributed by atoms with van der Waals surface area (Å²) < 4.78 is 61.2. The van der Waals surface area contributed by atoms with Crippen molar-refractivity contribution in [1.29, 1.82) is 0 Å². The van der Waals surface area contributed by atoms with E-state index in [2.05, 4.69) is 0 Å². The Hall–Kier alpha value is -1.77. The average Bonchev–Trinajstić information content (AvgIpc) is 2.35. The topological polar surface area (TPSA) is 74.7 Å². The molecule has 2 rings (SSSR count). The van der Waals surface area contributed by atoms with Gasteiger partial charge in [-0.3, -0.25) is 9.10 Å². The van der Waals surface area contributed by atoms with Gasteiger partial charge in [-0.2, -0.15) is 21.6 Å². The number of nitrogens with zero attached hydrogens (tertiary/aromatic N) is 1. The van der Waals surface area contributed by atoms with Gasteiger partial charge < -0.3 is 5.11 Å². The van der Waals surface area contributed by atoms with Crippen molar-refractivity contribution in [2.45, 2.75) is 11.9 Å². The minimum Gasteiger partial charge on any atom is -0.481 e. The van der Waals surface area contributed by atoms with Gasteiger partial charge >= 0.3 is 21.5 Å². The highest BCUT2D eigenvalue weighted by Crippen LogP contribution is 2.37. The molecule has 5 nitrogen and oxygen atoms in total. The fourth-order valence-corrected chi connectivity index (χ4v) is 3.14. The van der Waals surface area contributed by atoms with Gasteiger partial charge in [-0.25, -0.2) is 0 Å². The fraction of sp³-hybridized carbons (Fsp3) is 0.364. The van der Waals surface area contributed by atoms with E-state index in [1.807, 2.05) is 0 Å². The average molecular weight is 309 g/mol. The zero-order chi connectivity index (χ0) is 15.1. The van der Waals surface area contributed by atoms with Crippen LogP contribution in [0.5, 0.6) is 0 Å². The number of hydrogen-bond donors (Lipinski definition) is 1. The van der Waals surface area contributed by atoms with Gasteiger partial charge in [-0.05, 0) is 18.1 Å². The number of alkyl halides is 3. The highest BCUT2D eigenvalue weighted by atomic mass is 32.2. The Labute approximate surface area is 112 Å². The van der Waals surface area contributed by atoms with Gasteiger partial charge in [-0.15, -0.1) is 0 Å². The third-order valence-electron chi connectivity index (χ3n) is 3.04. The van der Waals surface area contributed by atoms with Crippen molar-refractivity contribution in [1.82, 2.24) is 0 Å². The van der Waals surface area contributed by atoms with Gasteiger partial charge in [0.05, 0.1) is 11.6 Å². The molecule has 0 fully saturated rings. The van der Waals surface area contributed by atoms with Crippen molar-refractivity contribution in [3.8, 4) is 0 Å². The number of sulfonamides is 1. The molecule has 0 aromatic heterocycles. The predicted octanol–water partition coefficient (Wildman–Crippen LogP) is 1.60. The lowest BCUT2D eigenvalue weighted by Crippen LogP contribution is -2.47. The van der Waals surface area contributed by atoms with Crippen LogP contribution < -0.4 is 4.31 Å². The molecule has 20 heavy (non-hydrogen) atoms. The van der Waals surface area contributed by atoms with Crippen molar-refractivity contribution in [2.75, 3.05) is 10.8 Å². The lowest BCUT2D eigenvalue weighted by atomic mass is 9.94. The standard InChI is InChI=1S/C11H10F3NO4S/c12-11(13,14)20(18,19)15-6-8(10(16)17)5-7-3-1-2-4-9(7)15/h1-4,8H,5-6H2,(H,16,17). The van der Waals surface area contributed by atoms with Crippen LogP contribution in [0.1, 0.15) is 5.56 Å². The summed E-state index contributed by atoms with van der Waals surface area (Å²) in [6.07, 6.45) is -0.00458. The van der Waals surface area contributed by atoms with Crippen LogP contribution in [-0.2, 0) is 21.2 Å². The number of benzene rings is 1. The van der Waals surface area contributed by atoms with E-state index >= 15 is 0 Å². The van der Waals surface area contributed by atoms with E-state index in [-0.39, 0.29) is 22.0 Å². The van der Waals surface area contributed by atoms with Gasteiger partial charge in [0, 0.05) is 6.54 Å². The minimum atomic E-state index is -5.61. The second-order valence-corrected chi connectivity index (χ2v) is 6.20. The maximum absolute atomic E-state index is 12.7. The SMILES string of the molecule is O=C(O)C1Cc2ccccc2N(S(=O)(=O)C(F)(F)F)C1. The number of para-hydroxylation sites is 1. The molecule has 0 bridgehead atoms. The first kappa shape index (κ1) is 14.6. The Morgan fingerprint density at radius 3 is 2.45 bits per heavy atom. The molecule has 1 aromatic carbocycles. The van der Waals surface area contributed by atoms with Gasteiger partial charge in [0.1, 0.15) is 0 Å². The van der Waals surface area contributed by atoms with E-state index in [0.717, 1.165) is 0 Å². The molecule has 0 spiro atoms. The molecular weight excluding hydrogens is 299 g/mol. The molecule has 1 atom stereocenters. The Kier molecular flexibility index (Phi) is 3.41. The van der Waals surface area contributed by atoms with Crippen molar-refractivity contribution in [3.05, 3.63) is 29.8 Å². The highest BCUT2D eigenvalue weighted by Gasteiger charge is 2.52. The van der Waals surface area contributed by atoms with E-state index in [1.54, 1.807) is 0 Å². The highest BCUT2D eigenvalue weighted by molar-refractivity contribution is 7.93. The second-order valence-electron chi connectivity index (χ2n) is 4.35. The van der Waals surface area contributed by atoms with Crippen molar-refractivity contribution >= 4 is 21.7 Å². The van der Waals surface area contributed by atoms with Crippen LogP contribution in [0.4, 0.5) is 18.9 Å². The summed E-state index contributed by atoms with van der Waals surface area (Å²) in [7, 11) is -5.61. The van der Waals surface area contributed by atoms with Crippen LogP contribution in [0.2, 0.25) is 0 Å². The molecule has 1 aliphatic rings. The summed E-state index contributed by atoms with van der Waals surface area (Å²) in [6, 6.07) is 5.57. The molecule has 0 radical (unpaired) electrons. The first-order valence-corrected chi connectivity index (χ1v) is 6.98. The van der Waals surface area contributed by atoms with E-state index < -0.39 is 34.0 Å². The van der Waals surface area contributed by atoms with E-state index in [4.69, 9.17) is 5.11 Å². The maximum Gasteiger partial charge on any atom is 0.516 e. The Bertz CT molecular complexity index is 641. The number of aliphatic carboxylic acids is 1. The molecule has 1 aromatic rings. The normalized spacial score (nSPS) is 19.6. The zero-order valence-electron chi connectivity index (χ0n) is 9.96. The number of rotatable bonds is 2. The summed E-state index contributed by atoms with van der Waals surface area (Å²) in [4.78, 5) is 11.0. The monoisotopic (exact) mass is 309 g/mol. The Balaban J connectivity index is 2.55. The van der Waals surface area contributed by atoms with E-state index in [0.29, 0.717) is 0 Å². The minimum absolute atomic E-state index is 0.00458. The summed E-state index contributed by atoms with van der Waals surface area (Å²) in [5, 5.41) is 8.95. The van der Waals surface area contributed by atoms with Gasteiger partial charge in [0.25, 0.3) is 0 Å². The fourth-order valence-electron chi connectivity index (χ4n) is 2.07. The molecule has 0 saturated carbocycles. The molecule has 0 saturated heterocycles. The number of carboxylic acid groups (broad SMARTS) is 1. The number of halogens is 3. The molecule has 1 N–H and O–H groups in total.